The number of para-hydroxylation sites is 1. The lowest BCUT2D eigenvalue weighted by Gasteiger charge is -2.24. The summed E-state index contributed by atoms with van der Waals surface area (Å²) >= 11 is 1.45. The van der Waals surface area contributed by atoms with Crippen LogP contribution in [0.25, 0.3) is 0 Å². The number of carbonyl (C=O) groups excluding carboxylic acids is 2. The standard InChI is InChI=1S/C16H17N3O2S/c1-10-9-17-16(22-10)19-14(20)7-6-12-8-11-4-2-3-5-13(11)18-15(12)21/h2-5,9,12H,6-8H2,1H3,(H,18,21)(H,17,19,20)/t12-/m0/s1. The highest BCUT2D eigenvalue weighted by atomic mass is 32.1. The topological polar surface area (TPSA) is 71.1 Å². The van der Waals surface area contributed by atoms with E-state index >= 15 is 0 Å². The fraction of sp³-hybridized carbons (Fsp3) is 0.312. The first kappa shape index (κ1) is 14.7. The summed E-state index contributed by atoms with van der Waals surface area (Å²) in [5.41, 5.74) is 2.01. The lowest BCUT2D eigenvalue weighted by molar-refractivity contribution is -0.121. The van der Waals surface area contributed by atoms with Crippen LogP contribution in [0.15, 0.2) is 30.5 Å². The molecule has 0 saturated carbocycles. The van der Waals surface area contributed by atoms with E-state index in [1.54, 1.807) is 6.20 Å². The number of hydrogen-bond acceptors (Lipinski definition) is 4. The Morgan fingerprint density at radius 1 is 1.45 bits per heavy atom. The van der Waals surface area contributed by atoms with Crippen molar-refractivity contribution in [3.63, 3.8) is 0 Å². The molecule has 3 rings (SSSR count). The molecule has 0 bridgehead atoms. The van der Waals surface area contributed by atoms with Gasteiger partial charge in [0.15, 0.2) is 5.13 Å². The summed E-state index contributed by atoms with van der Waals surface area (Å²) in [4.78, 5) is 29.2. The second kappa shape index (κ2) is 6.27. The molecule has 2 amide bonds. The molecule has 114 valence electrons. The summed E-state index contributed by atoms with van der Waals surface area (Å²) in [6.07, 6.45) is 3.27. The third-order valence-corrected chi connectivity index (χ3v) is 4.53. The number of amides is 2. The van der Waals surface area contributed by atoms with Crippen LogP contribution >= 0.6 is 11.3 Å². The van der Waals surface area contributed by atoms with E-state index in [9.17, 15) is 9.59 Å². The van der Waals surface area contributed by atoms with Gasteiger partial charge in [0.1, 0.15) is 0 Å². The summed E-state index contributed by atoms with van der Waals surface area (Å²) < 4.78 is 0. The van der Waals surface area contributed by atoms with Crippen LogP contribution in [0.2, 0.25) is 0 Å². The molecular weight excluding hydrogens is 298 g/mol. The SMILES string of the molecule is Cc1cnc(NC(=O)CC[C@H]2Cc3ccccc3NC2=O)s1. The molecule has 0 saturated heterocycles. The van der Waals surface area contributed by atoms with Gasteiger partial charge in [-0.2, -0.15) is 0 Å². The number of nitrogens with one attached hydrogen (secondary N) is 2. The number of anilines is 2. The Hall–Kier alpha value is -2.21. The number of hydrogen-bond donors (Lipinski definition) is 2. The van der Waals surface area contributed by atoms with Gasteiger partial charge >= 0.3 is 0 Å². The quantitative estimate of drug-likeness (QED) is 0.911. The molecule has 0 aliphatic carbocycles. The molecule has 1 aliphatic rings. The monoisotopic (exact) mass is 315 g/mol. The fourth-order valence-electron chi connectivity index (χ4n) is 2.55. The van der Waals surface area contributed by atoms with Crippen molar-refractivity contribution >= 4 is 34.0 Å². The number of carbonyl (C=O) groups is 2. The highest BCUT2D eigenvalue weighted by molar-refractivity contribution is 7.15. The minimum atomic E-state index is -0.154. The molecular formula is C16H17N3O2S. The highest BCUT2D eigenvalue weighted by Gasteiger charge is 2.26. The average molecular weight is 315 g/mol. The Morgan fingerprint density at radius 3 is 3.05 bits per heavy atom. The molecule has 0 radical (unpaired) electrons. The molecule has 22 heavy (non-hydrogen) atoms. The Morgan fingerprint density at radius 2 is 2.27 bits per heavy atom. The third-order valence-electron chi connectivity index (χ3n) is 3.70. The Labute approximate surface area is 132 Å². The molecule has 6 heteroatoms. The Bertz CT molecular complexity index is 711. The van der Waals surface area contributed by atoms with Crippen LogP contribution in [0.4, 0.5) is 10.8 Å². The maximum Gasteiger partial charge on any atom is 0.227 e. The molecule has 1 aromatic carbocycles. The molecule has 2 N–H and O–H groups in total. The zero-order chi connectivity index (χ0) is 15.5. The van der Waals surface area contributed by atoms with Crippen LogP contribution in [-0.4, -0.2) is 16.8 Å². The average Bonchev–Trinajstić information content (AvgIpc) is 2.90. The van der Waals surface area contributed by atoms with Crippen molar-refractivity contribution in [2.45, 2.75) is 26.2 Å². The van der Waals surface area contributed by atoms with Gasteiger partial charge in [-0.3, -0.25) is 9.59 Å². The summed E-state index contributed by atoms with van der Waals surface area (Å²) in [6, 6.07) is 7.79. The summed E-state index contributed by atoms with van der Waals surface area (Å²) in [6.45, 7) is 1.94. The molecule has 0 unspecified atom stereocenters. The second-order valence-electron chi connectivity index (χ2n) is 5.41. The minimum absolute atomic E-state index is 0.00315. The molecule has 0 fully saturated rings. The van der Waals surface area contributed by atoms with E-state index < -0.39 is 0 Å². The number of fused-ring (bicyclic) bond motifs is 1. The van der Waals surface area contributed by atoms with Crippen LogP contribution in [0.3, 0.4) is 0 Å². The molecule has 1 aliphatic heterocycles. The first-order chi connectivity index (χ1) is 10.6. The highest BCUT2D eigenvalue weighted by Crippen LogP contribution is 2.27. The molecule has 1 aromatic heterocycles. The van der Waals surface area contributed by atoms with Gasteiger partial charge in [0.05, 0.1) is 0 Å². The molecule has 2 aromatic rings. The van der Waals surface area contributed by atoms with Crippen molar-refractivity contribution < 1.29 is 9.59 Å². The summed E-state index contributed by atoms with van der Waals surface area (Å²) in [5, 5.41) is 6.29. The van der Waals surface area contributed by atoms with E-state index in [2.05, 4.69) is 15.6 Å². The van der Waals surface area contributed by atoms with E-state index in [1.807, 2.05) is 31.2 Å². The minimum Gasteiger partial charge on any atom is -0.326 e. The normalized spacial score (nSPS) is 16.8. The van der Waals surface area contributed by atoms with Crippen molar-refractivity contribution in [3.05, 3.63) is 40.9 Å². The predicted molar refractivity (Wildman–Crippen MR) is 87.0 cm³/mol. The van der Waals surface area contributed by atoms with Gasteiger partial charge < -0.3 is 10.6 Å². The lowest BCUT2D eigenvalue weighted by atomic mass is 9.89. The van der Waals surface area contributed by atoms with Crippen LogP contribution in [0.1, 0.15) is 23.3 Å². The first-order valence-corrected chi connectivity index (χ1v) is 8.04. The van der Waals surface area contributed by atoms with E-state index in [1.165, 1.54) is 11.3 Å². The fourth-order valence-corrected chi connectivity index (χ4v) is 3.23. The summed E-state index contributed by atoms with van der Waals surface area (Å²) in [7, 11) is 0. The van der Waals surface area contributed by atoms with Crippen molar-refractivity contribution in [3.8, 4) is 0 Å². The second-order valence-corrected chi connectivity index (χ2v) is 6.65. The third kappa shape index (κ3) is 3.33. The number of rotatable bonds is 4. The van der Waals surface area contributed by atoms with Gasteiger partial charge in [-0.25, -0.2) is 4.98 Å². The molecule has 1 atom stereocenters. The Kier molecular flexibility index (Phi) is 4.20. The van der Waals surface area contributed by atoms with Gasteiger partial charge in [-0.15, -0.1) is 11.3 Å². The number of benzene rings is 1. The van der Waals surface area contributed by atoms with Gasteiger partial charge in [0.2, 0.25) is 11.8 Å². The summed E-state index contributed by atoms with van der Waals surface area (Å²) in [5.74, 6) is -0.253. The largest absolute Gasteiger partial charge is 0.326 e. The maximum absolute atomic E-state index is 12.1. The lowest BCUT2D eigenvalue weighted by Crippen LogP contribution is -2.30. The number of aromatic nitrogens is 1. The Balaban J connectivity index is 1.55. The van der Waals surface area contributed by atoms with E-state index in [4.69, 9.17) is 0 Å². The first-order valence-electron chi connectivity index (χ1n) is 7.23. The molecule has 5 nitrogen and oxygen atoms in total. The van der Waals surface area contributed by atoms with Gasteiger partial charge in [-0.1, -0.05) is 18.2 Å². The van der Waals surface area contributed by atoms with Crippen LogP contribution < -0.4 is 10.6 Å². The van der Waals surface area contributed by atoms with Gasteiger partial charge in [0, 0.05) is 29.1 Å². The van der Waals surface area contributed by atoms with Gasteiger partial charge in [-0.05, 0) is 31.4 Å². The van der Waals surface area contributed by atoms with Gasteiger partial charge in [0.25, 0.3) is 0 Å². The number of nitrogens with zero attached hydrogens (tertiary/aromatic N) is 1. The predicted octanol–water partition coefficient (Wildman–Crippen LogP) is 2.98. The zero-order valence-electron chi connectivity index (χ0n) is 12.3. The van der Waals surface area contributed by atoms with Crippen LogP contribution in [0, 0.1) is 12.8 Å². The van der Waals surface area contributed by atoms with Crippen molar-refractivity contribution in [1.29, 1.82) is 0 Å². The molecule has 2 heterocycles. The molecule has 0 spiro atoms. The van der Waals surface area contributed by atoms with E-state index in [0.29, 0.717) is 24.4 Å². The van der Waals surface area contributed by atoms with Crippen molar-refractivity contribution in [1.82, 2.24) is 4.98 Å². The smallest absolute Gasteiger partial charge is 0.227 e. The zero-order valence-corrected chi connectivity index (χ0v) is 13.1. The van der Waals surface area contributed by atoms with Crippen LogP contribution in [0.5, 0.6) is 0 Å². The van der Waals surface area contributed by atoms with E-state index in [0.717, 1.165) is 16.1 Å². The van der Waals surface area contributed by atoms with Crippen molar-refractivity contribution in [2.24, 2.45) is 5.92 Å². The van der Waals surface area contributed by atoms with Crippen molar-refractivity contribution in [2.75, 3.05) is 10.6 Å². The van der Waals surface area contributed by atoms with E-state index in [-0.39, 0.29) is 17.7 Å². The van der Waals surface area contributed by atoms with Crippen LogP contribution in [-0.2, 0) is 16.0 Å². The maximum atomic E-state index is 12.1. The number of aryl methyl sites for hydroxylation is 1. The number of thiazole rings is 1.